The van der Waals surface area contributed by atoms with Gasteiger partial charge in [-0.2, -0.15) is 18.3 Å². The Morgan fingerprint density at radius 2 is 1.87 bits per heavy atom. The number of nitrogens with one attached hydrogen (secondary N) is 1. The van der Waals surface area contributed by atoms with Crippen molar-refractivity contribution < 1.29 is 28.1 Å². The normalized spacial score (nSPS) is 11.7. The third kappa shape index (κ3) is 3.85. The number of benzene rings is 2. The number of alkyl halides is 3. The molecule has 2 rings (SSSR count). The molecule has 0 heterocycles. The maximum atomic E-state index is 12.8. The van der Waals surface area contributed by atoms with Crippen LogP contribution in [0.15, 0.2) is 41.5 Å². The SMILES string of the molecule is COc1cc(/C=N/Nc2ccccc2C(F)(F)F)cc(O)c1O. The quantitative estimate of drug-likeness (QED) is 0.456. The third-order valence-electron chi connectivity index (χ3n) is 2.93. The van der Waals surface area contributed by atoms with Crippen LogP contribution in [0.3, 0.4) is 0 Å². The van der Waals surface area contributed by atoms with Crippen LogP contribution >= 0.6 is 0 Å². The van der Waals surface area contributed by atoms with Crippen molar-refractivity contribution in [1.82, 2.24) is 0 Å². The Hall–Kier alpha value is -2.90. The number of rotatable bonds is 4. The van der Waals surface area contributed by atoms with Gasteiger partial charge in [0.1, 0.15) is 0 Å². The predicted octanol–water partition coefficient (Wildman–Crippen LogP) is 3.57. The summed E-state index contributed by atoms with van der Waals surface area (Å²) in [6.07, 6.45) is -3.31. The predicted molar refractivity (Wildman–Crippen MR) is 79.0 cm³/mol. The van der Waals surface area contributed by atoms with Crippen LogP contribution in [-0.2, 0) is 6.18 Å². The molecule has 2 aromatic carbocycles. The molecule has 122 valence electrons. The topological polar surface area (TPSA) is 74.1 Å². The number of hydrazone groups is 1. The first-order valence-corrected chi connectivity index (χ1v) is 6.38. The van der Waals surface area contributed by atoms with Gasteiger partial charge in [-0.1, -0.05) is 12.1 Å². The van der Waals surface area contributed by atoms with Gasteiger partial charge in [0, 0.05) is 5.56 Å². The molecule has 5 nitrogen and oxygen atoms in total. The molecule has 2 aromatic rings. The molecule has 0 bridgehead atoms. The number of aromatic hydroxyl groups is 2. The molecule has 0 aromatic heterocycles. The Bertz CT molecular complexity index is 730. The first-order chi connectivity index (χ1) is 10.8. The Labute approximate surface area is 129 Å². The summed E-state index contributed by atoms with van der Waals surface area (Å²) < 4.78 is 43.3. The van der Waals surface area contributed by atoms with Gasteiger partial charge in [-0.05, 0) is 24.3 Å². The van der Waals surface area contributed by atoms with E-state index in [1.54, 1.807) is 0 Å². The Balaban J connectivity index is 2.22. The Kier molecular flexibility index (Phi) is 4.63. The summed E-state index contributed by atoms with van der Waals surface area (Å²) in [6, 6.07) is 7.47. The summed E-state index contributed by atoms with van der Waals surface area (Å²) in [5.41, 5.74) is 1.59. The minimum atomic E-state index is -4.50. The summed E-state index contributed by atoms with van der Waals surface area (Å²) in [5.74, 6) is -0.844. The molecule has 0 radical (unpaired) electrons. The molecule has 23 heavy (non-hydrogen) atoms. The van der Waals surface area contributed by atoms with Crippen LogP contribution in [0.5, 0.6) is 17.2 Å². The highest BCUT2D eigenvalue weighted by molar-refractivity contribution is 5.82. The van der Waals surface area contributed by atoms with Crippen LogP contribution in [0.25, 0.3) is 0 Å². The summed E-state index contributed by atoms with van der Waals surface area (Å²) in [7, 11) is 1.30. The summed E-state index contributed by atoms with van der Waals surface area (Å²) in [6.45, 7) is 0. The second-order valence-electron chi connectivity index (χ2n) is 4.50. The largest absolute Gasteiger partial charge is 0.504 e. The smallest absolute Gasteiger partial charge is 0.418 e. The summed E-state index contributed by atoms with van der Waals surface area (Å²) in [5, 5.41) is 22.7. The van der Waals surface area contributed by atoms with Gasteiger partial charge in [-0.15, -0.1) is 0 Å². The molecule has 0 aliphatic heterocycles. The zero-order chi connectivity index (χ0) is 17.0. The van der Waals surface area contributed by atoms with E-state index in [-0.39, 0.29) is 11.4 Å². The number of nitrogens with zero attached hydrogens (tertiary/aromatic N) is 1. The molecule has 0 amide bonds. The lowest BCUT2D eigenvalue weighted by atomic mass is 10.2. The minimum absolute atomic E-state index is 0.0159. The average Bonchev–Trinajstić information content (AvgIpc) is 2.50. The van der Waals surface area contributed by atoms with Crippen LogP contribution in [0.1, 0.15) is 11.1 Å². The second kappa shape index (κ2) is 6.47. The van der Waals surface area contributed by atoms with Crippen molar-refractivity contribution in [2.75, 3.05) is 12.5 Å². The second-order valence-corrected chi connectivity index (χ2v) is 4.50. The molecule has 0 saturated heterocycles. The van der Waals surface area contributed by atoms with Gasteiger partial charge >= 0.3 is 6.18 Å². The van der Waals surface area contributed by atoms with E-state index in [4.69, 9.17) is 4.74 Å². The van der Waals surface area contributed by atoms with E-state index in [1.807, 2.05) is 0 Å². The molecule has 0 saturated carbocycles. The van der Waals surface area contributed by atoms with Crippen molar-refractivity contribution in [1.29, 1.82) is 0 Å². The van der Waals surface area contributed by atoms with E-state index in [0.29, 0.717) is 5.56 Å². The fraction of sp³-hybridized carbons (Fsp3) is 0.133. The maximum absolute atomic E-state index is 12.8. The monoisotopic (exact) mass is 326 g/mol. The Morgan fingerprint density at radius 3 is 2.52 bits per heavy atom. The lowest BCUT2D eigenvalue weighted by Crippen LogP contribution is -2.08. The van der Waals surface area contributed by atoms with Crippen molar-refractivity contribution in [3.05, 3.63) is 47.5 Å². The molecule has 3 N–H and O–H groups in total. The molecule has 0 spiro atoms. The highest BCUT2D eigenvalue weighted by Gasteiger charge is 2.33. The number of ether oxygens (including phenoxy) is 1. The maximum Gasteiger partial charge on any atom is 0.418 e. The number of halogens is 3. The zero-order valence-corrected chi connectivity index (χ0v) is 11.9. The molecule has 0 atom stereocenters. The van der Waals surface area contributed by atoms with Crippen molar-refractivity contribution in [2.24, 2.45) is 5.10 Å². The first kappa shape index (κ1) is 16.5. The Morgan fingerprint density at radius 1 is 1.17 bits per heavy atom. The molecule has 0 fully saturated rings. The van der Waals surface area contributed by atoms with Crippen molar-refractivity contribution >= 4 is 11.9 Å². The van der Waals surface area contributed by atoms with Gasteiger partial charge in [0.2, 0.25) is 5.75 Å². The minimum Gasteiger partial charge on any atom is -0.504 e. The molecule has 0 unspecified atom stereocenters. The number of phenolic OH excluding ortho intramolecular Hbond substituents is 2. The number of hydrogen-bond acceptors (Lipinski definition) is 5. The summed E-state index contributed by atoms with van der Waals surface area (Å²) >= 11 is 0. The molecule has 8 heteroatoms. The van der Waals surface area contributed by atoms with Gasteiger partial charge in [0.05, 0.1) is 24.6 Å². The van der Waals surface area contributed by atoms with E-state index in [0.717, 1.165) is 6.07 Å². The van der Waals surface area contributed by atoms with E-state index in [2.05, 4.69) is 10.5 Å². The van der Waals surface area contributed by atoms with Crippen LogP contribution < -0.4 is 10.2 Å². The van der Waals surface area contributed by atoms with E-state index in [9.17, 15) is 23.4 Å². The number of anilines is 1. The van der Waals surface area contributed by atoms with Gasteiger partial charge in [-0.3, -0.25) is 5.43 Å². The van der Waals surface area contributed by atoms with Crippen molar-refractivity contribution in [3.8, 4) is 17.2 Å². The highest BCUT2D eigenvalue weighted by atomic mass is 19.4. The summed E-state index contributed by atoms with van der Waals surface area (Å²) in [4.78, 5) is 0. The van der Waals surface area contributed by atoms with Gasteiger partial charge in [0.15, 0.2) is 11.5 Å². The third-order valence-corrected chi connectivity index (χ3v) is 2.93. The van der Waals surface area contributed by atoms with E-state index in [1.165, 1.54) is 43.7 Å². The van der Waals surface area contributed by atoms with E-state index >= 15 is 0 Å². The van der Waals surface area contributed by atoms with Crippen molar-refractivity contribution in [2.45, 2.75) is 6.18 Å². The van der Waals surface area contributed by atoms with Gasteiger partial charge < -0.3 is 14.9 Å². The number of methoxy groups -OCH3 is 1. The standard InChI is InChI=1S/C15H13F3N2O3/c1-23-13-7-9(6-12(21)14(13)22)8-19-20-11-5-3-2-4-10(11)15(16,17)18/h2-8,20-22H,1H3/b19-8+. The molecular weight excluding hydrogens is 313 g/mol. The van der Waals surface area contributed by atoms with Crippen LogP contribution in [0.2, 0.25) is 0 Å². The highest BCUT2D eigenvalue weighted by Crippen LogP contribution is 2.36. The van der Waals surface area contributed by atoms with Gasteiger partial charge in [-0.25, -0.2) is 0 Å². The number of hydrogen-bond donors (Lipinski definition) is 3. The number of para-hydroxylation sites is 1. The fourth-order valence-corrected chi connectivity index (χ4v) is 1.85. The van der Waals surface area contributed by atoms with Crippen LogP contribution in [0, 0.1) is 0 Å². The van der Waals surface area contributed by atoms with Crippen molar-refractivity contribution in [3.63, 3.8) is 0 Å². The average molecular weight is 326 g/mol. The fourth-order valence-electron chi connectivity index (χ4n) is 1.85. The first-order valence-electron chi connectivity index (χ1n) is 6.38. The van der Waals surface area contributed by atoms with Crippen LogP contribution in [0.4, 0.5) is 18.9 Å². The number of phenols is 2. The molecule has 0 aliphatic carbocycles. The van der Waals surface area contributed by atoms with Gasteiger partial charge in [0.25, 0.3) is 0 Å². The molecule has 0 aliphatic rings. The zero-order valence-electron chi connectivity index (χ0n) is 11.9. The van der Waals surface area contributed by atoms with E-state index < -0.39 is 23.2 Å². The lowest BCUT2D eigenvalue weighted by Gasteiger charge is -2.11. The molecular formula is C15H13F3N2O3. The lowest BCUT2D eigenvalue weighted by molar-refractivity contribution is -0.136. The van der Waals surface area contributed by atoms with Crippen LogP contribution in [-0.4, -0.2) is 23.5 Å².